The van der Waals surface area contributed by atoms with E-state index in [1.807, 2.05) is 0 Å². The summed E-state index contributed by atoms with van der Waals surface area (Å²) in [5.74, 6) is 0.751. The molecule has 0 saturated carbocycles. The monoisotopic (exact) mass is 272 g/mol. The normalized spacial score (nSPS) is 20.3. The lowest BCUT2D eigenvalue weighted by Crippen LogP contribution is -2.47. The van der Waals surface area contributed by atoms with Crippen LogP contribution in [0.4, 0.5) is 0 Å². The number of hydrogen-bond donors (Lipinski definition) is 3. The lowest BCUT2D eigenvalue weighted by molar-refractivity contribution is -0.124. The topological polar surface area (TPSA) is 84.6 Å². The maximum atomic E-state index is 11.9. The minimum absolute atomic E-state index is 0.0176. The van der Waals surface area contributed by atoms with Gasteiger partial charge in [-0.1, -0.05) is 13.8 Å². The average Bonchev–Trinajstić information content (AvgIpc) is 2.36. The zero-order valence-electron chi connectivity index (χ0n) is 12.2. The number of carbonyl (C=O) groups is 1. The molecule has 1 rings (SSSR count). The van der Waals surface area contributed by atoms with E-state index >= 15 is 0 Å². The molecule has 1 atom stereocenters. The predicted octanol–water partition coefficient (Wildman–Crippen LogP) is 0.655. The molecular weight excluding hydrogens is 244 g/mol. The standard InChI is InChI=1S/C14H28N2O3/c1-11(2)7-12(9-15)8-13(17)16-10-14(18)3-5-19-6-4-14/h11-12,18H,3-10,15H2,1-2H3,(H,16,17). The summed E-state index contributed by atoms with van der Waals surface area (Å²) in [6.45, 7) is 6.23. The number of amides is 1. The van der Waals surface area contributed by atoms with Crippen LogP contribution in [0.3, 0.4) is 0 Å². The van der Waals surface area contributed by atoms with Crippen LogP contribution in [0.2, 0.25) is 0 Å². The number of aliphatic hydroxyl groups is 1. The Morgan fingerprint density at radius 2 is 2.05 bits per heavy atom. The van der Waals surface area contributed by atoms with Crippen LogP contribution in [0, 0.1) is 11.8 Å². The van der Waals surface area contributed by atoms with Crippen LogP contribution in [0.5, 0.6) is 0 Å². The average molecular weight is 272 g/mol. The van der Waals surface area contributed by atoms with Crippen LogP contribution in [0.1, 0.15) is 39.5 Å². The summed E-state index contributed by atoms with van der Waals surface area (Å²) in [7, 11) is 0. The van der Waals surface area contributed by atoms with E-state index in [1.54, 1.807) is 0 Å². The van der Waals surface area contributed by atoms with Crippen LogP contribution in [0.25, 0.3) is 0 Å². The number of nitrogens with one attached hydrogen (secondary N) is 1. The van der Waals surface area contributed by atoms with Crippen LogP contribution in [0.15, 0.2) is 0 Å². The minimum Gasteiger partial charge on any atom is -0.388 e. The summed E-state index contributed by atoms with van der Waals surface area (Å²) in [4.78, 5) is 11.9. The predicted molar refractivity (Wildman–Crippen MR) is 74.6 cm³/mol. The maximum Gasteiger partial charge on any atom is 0.220 e. The Bertz CT molecular complexity index is 276. The van der Waals surface area contributed by atoms with E-state index in [0.29, 0.717) is 51.5 Å². The maximum absolute atomic E-state index is 11.9. The molecule has 0 aromatic carbocycles. The molecule has 112 valence electrons. The molecule has 1 fully saturated rings. The molecule has 1 heterocycles. The van der Waals surface area contributed by atoms with Crippen molar-refractivity contribution in [2.24, 2.45) is 17.6 Å². The Balaban J connectivity index is 2.29. The van der Waals surface area contributed by atoms with Gasteiger partial charge in [0, 0.05) is 39.0 Å². The molecule has 5 heteroatoms. The highest BCUT2D eigenvalue weighted by Crippen LogP contribution is 2.19. The van der Waals surface area contributed by atoms with E-state index in [4.69, 9.17) is 10.5 Å². The van der Waals surface area contributed by atoms with Crippen molar-refractivity contribution in [1.29, 1.82) is 0 Å². The van der Waals surface area contributed by atoms with Gasteiger partial charge >= 0.3 is 0 Å². The summed E-state index contributed by atoms with van der Waals surface area (Å²) in [6.07, 6.45) is 2.57. The Morgan fingerprint density at radius 3 is 2.58 bits per heavy atom. The van der Waals surface area contributed by atoms with Crippen molar-refractivity contribution < 1.29 is 14.6 Å². The fourth-order valence-corrected chi connectivity index (χ4v) is 2.46. The van der Waals surface area contributed by atoms with Gasteiger partial charge in [-0.05, 0) is 24.8 Å². The SMILES string of the molecule is CC(C)CC(CN)CC(=O)NCC1(O)CCOCC1. The molecule has 1 aliphatic heterocycles. The molecule has 0 aromatic heterocycles. The molecule has 0 bridgehead atoms. The van der Waals surface area contributed by atoms with Gasteiger partial charge in [-0.3, -0.25) is 4.79 Å². The van der Waals surface area contributed by atoms with Crippen molar-refractivity contribution in [1.82, 2.24) is 5.32 Å². The molecule has 5 nitrogen and oxygen atoms in total. The van der Waals surface area contributed by atoms with Crippen molar-refractivity contribution in [3.8, 4) is 0 Å². The number of rotatable bonds is 7. The third-order valence-corrected chi connectivity index (χ3v) is 3.65. The largest absolute Gasteiger partial charge is 0.388 e. The molecular formula is C14H28N2O3. The van der Waals surface area contributed by atoms with E-state index in [0.717, 1.165) is 6.42 Å². The third-order valence-electron chi connectivity index (χ3n) is 3.65. The Morgan fingerprint density at radius 1 is 1.42 bits per heavy atom. The second kappa shape index (κ2) is 7.82. The van der Waals surface area contributed by atoms with Gasteiger partial charge in [-0.2, -0.15) is 0 Å². The van der Waals surface area contributed by atoms with Crippen LogP contribution < -0.4 is 11.1 Å². The molecule has 19 heavy (non-hydrogen) atoms. The molecule has 0 spiro atoms. The van der Waals surface area contributed by atoms with Gasteiger partial charge in [0.2, 0.25) is 5.91 Å². The van der Waals surface area contributed by atoms with Crippen molar-refractivity contribution in [2.75, 3.05) is 26.3 Å². The lowest BCUT2D eigenvalue weighted by atomic mass is 9.92. The van der Waals surface area contributed by atoms with E-state index in [2.05, 4.69) is 19.2 Å². The summed E-state index contributed by atoms with van der Waals surface area (Å²) in [5.41, 5.74) is 4.89. The Kier molecular flexibility index (Phi) is 6.75. The molecule has 1 aliphatic rings. The number of ether oxygens (including phenoxy) is 1. The zero-order valence-corrected chi connectivity index (χ0v) is 12.2. The minimum atomic E-state index is -0.801. The Hall–Kier alpha value is -0.650. The van der Waals surface area contributed by atoms with E-state index in [1.165, 1.54) is 0 Å². The second-order valence-electron chi connectivity index (χ2n) is 6.05. The van der Waals surface area contributed by atoms with Gasteiger partial charge in [0.05, 0.1) is 5.60 Å². The first kappa shape index (κ1) is 16.4. The van der Waals surface area contributed by atoms with E-state index in [-0.39, 0.29) is 11.8 Å². The quantitative estimate of drug-likeness (QED) is 0.635. The second-order valence-corrected chi connectivity index (χ2v) is 6.05. The summed E-state index contributed by atoms with van der Waals surface area (Å²) in [6, 6.07) is 0. The summed E-state index contributed by atoms with van der Waals surface area (Å²) < 4.78 is 5.21. The molecule has 1 unspecified atom stereocenters. The highest BCUT2D eigenvalue weighted by Gasteiger charge is 2.30. The first-order chi connectivity index (χ1) is 8.95. The van der Waals surface area contributed by atoms with Crippen molar-refractivity contribution in [2.45, 2.75) is 45.1 Å². The first-order valence-corrected chi connectivity index (χ1v) is 7.22. The molecule has 1 amide bonds. The van der Waals surface area contributed by atoms with E-state index in [9.17, 15) is 9.90 Å². The lowest BCUT2D eigenvalue weighted by Gasteiger charge is -2.32. The van der Waals surface area contributed by atoms with Crippen LogP contribution in [-0.2, 0) is 9.53 Å². The third kappa shape index (κ3) is 6.36. The zero-order chi connectivity index (χ0) is 14.3. The van der Waals surface area contributed by atoms with Gasteiger partial charge in [-0.25, -0.2) is 0 Å². The summed E-state index contributed by atoms with van der Waals surface area (Å²) in [5, 5.41) is 13.1. The van der Waals surface area contributed by atoms with Crippen molar-refractivity contribution >= 4 is 5.91 Å². The van der Waals surface area contributed by atoms with Crippen molar-refractivity contribution in [3.05, 3.63) is 0 Å². The van der Waals surface area contributed by atoms with Gasteiger partial charge in [0.25, 0.3) is 0 Å². The fourth-order valence-electron chi connectivity index (χ4n) is 2.46. The van der Waals surface area contributed by atoms with Gasteiger partial charge in [0.15, 0.2) is 0 Å². The van der Waals surface area contributed by atoms with Gasteiger partial charge < -0.3 is 20.9 Å². The fraction of sp³-hybridized carbons (Fsp3) is 0.929. The molecule has 1 saturated heterocycles. The van der Waals surface area contributed by atoms with Crippen LogP contribution in [-0.4, -0.2) is 42.9 Å². The molecule has 0 radical (unpaired) electrons. The highest BCUT2D eigenvalue weighted by atomic mass is 16.5. The van der Waals surface area contributed by atoms with Gasteiger partial charge in [-0.15, -0.1) is 0 Å². The highest BCUT2D eigenvalue weighted by molar-refractivity contribution is 5.76. The van der Waals surface area contributed by atoms with Crippen molar-refractivity contribution in [3.63, 3.8) is 0 Å². The van der Waals surface area contributed by atoms with Crippen LogP contribution >= 0.6 is 0 Å². The molecule has 0 aliphatic carbocycles. The molecule has 0 aromatic rings. The number of nitrogens with two attached hydrogens (primary N) is 1. The van der Waals surface area contributed by atoms with Gasteiger partial charge in [0.1, 0.15) is 0 Å². The Labute approximate surface area is 115 Å². The number of carbonyl (C=O) groups excluding carboxylic acids is 1. The number of hydrogen-bond acceptors (Lipinski definition) is 4. The summed E-state index contributed by atoms with van der Waals surface area (Å²) >= 11 is 0. The first-order valence-electron chi connectivity index (χ1n) is 7.22. The molecule has 4 N–H and O–H groups in total. The van der Waals surface area contributed by atoms with E-state index < -0.39 is 5.60 Å². The smallest absolute Gasteiger partial charge is 0.220 e.